The second-order valence-electron chi connectivity index (χ2n) is 8.02. The third kappa shape index (κ3) is 4.36. The standard InChI is InChI=1S/C25H21N3O7S/c1-4-35-24(32)22-14(3)26-25(36-22)27-19(16-6-5-7-17(12-16)28(33)34)18(21(30)23(27)31)20(29)15-10-8-13(2)9-11-15/h5-12,19,29H,4H2,1-3H3/t19-/m0/s1. The van der Waals surface area contributed by atoms with Crippen molar-refractivity contribution >= 4 is 45.6 Å². The second kappa shape index (κ2) is 9.70. The Morgan fingerprint density at radius 3 is 2.53 bits per heavy atom. The van der Waals surface area contributed by atoms with Crippen molar-refractivity contribution in [1.29, 1.82) is 0 Å². The minimum absolute atomic E-state index is 0.0251. The van der Waals surface area contributed by atoms with Gasteiger partial charge in [0.2, 0.25) is 0 Å². The summed E-state index contributed by atoms with van der Waals surface area (Å²) < 4.78 is 5.05. The SMILES string of the molecule is CCOC(=O)c1sc(N2C(=O)C(=O)C(=C(O)c3ccc(C)cc3)[C@@H]2c2cccc([N+](=O)[O-])c2)nc1C. The molecule has 0 radical (unpaired) electrons. The number of ether oxygens (including phenoxy) is 1. The van der Waals surface area contributed by atoms with Crippen molar-refractivity contribution in [1.82, 2.24) is 4.98 Å². The molecule has 2 aromatic carbocycles. The number of thiazole rings is 1. The number of esters is 1. The predicted molar refractivity (Wildman–Crippen MR) is 132 cm³/mol. The average Bonchev–Trinajstić information content (AvgIpc) is 3.36. The number of carbonyl (C=O) groups is 3. The molecule has 3 aromatic rings. The lowest BCUT2D eigenvalue weighted by molar-refractivity contribution is -0.384. The van der Waals surface area contributed by atoms with E-state index in [0.717, 1.165) is 21.8 Å². The summed E-state index contributed by atoms with van der Waals surface area (Å²) in [6.45, 7) is 5.22. The number of rotatable bonds is 6. The second-order valence-corrected chi connectivity index (χ2v) is 9.00. The molecule has 0 aliphatic carbocycles. The van der Waals surface area contributed by atoms with Crippen molar-refractivity contribution in [2.45, 2.75) is 26.8 Å². The molecule has 36 heavy (non-hydrogen) atoms. The van der Waals surface area contributed by atoms with Crippen LogP contribution in [-0.2, 0) is 14.3 Å². The van der Waals surface area contributed by atoms with Gasteiger partial charge in [0, 0.05) is 17.7 Å². The number of Topliss-reactive ketones (excluding diaryl/α,β-unsaturated/α-hetero) is 1. The van der Waals surface area contributed by atoms with Crippen molar-refractivity contribution < 1.29 is 29.2 Å². The van der Waals surface area contributed by atoms with E-state index in [2.05, 4.69) is 4.98 Å². The Morgan fingerprint density at radius 1 is 1.19 bits per heavy atom. The van der Waals surface area contributed by atoms with E-state index in [9.17, 15) is 29.6 Å². The van der Waals surface area contributed by atoms with Gasteiger partial charge >= 0.3 is 11.9 Å². The number of aliphatic hydroxyl groups excluding tert-OH is 1. The molecule has 1 atom stereocenters. The molecule has 10 nitrogen and oxygen atoms in total. The number of ketones is 1. The third-order valence-electron chi connectivity index (χ3n) is 5.62. The number of nitro benzene ring substituents is 1. The number of nitrogens with zero attached hydrogens (tertiary/aromatic N) is 3. The van der Waals surface area contributed by atoms with Crippen molar-refractivity contribution in [3.63, 3.8) is 0 Å². The van der Waals surface area contributed by atoms with Crippen LogP contribution >= 0.6 is 11.3 Å². The van der Waals surface area contributed by atoms with E-state index >= 15 is 0 Å². The molecule has 1 aromatic heterocycles. The van der Waals surface area contributed by atoms with Gasteiger partial charge < -0.3 is 9.84 Å². The average molecular weight is 508 g/mol. The molecule has 2 heterocycles. The molecular weight excluding hydrogens is 486 g/mol. The van der Waals surface area contributed by atoms with Crippen LogP contribution in [0.25, 0.3) is 5.76 Å². The summed E-state index contributed by atoms with van der Waals surface area (Å²) in [6.07, 6.45) is 0. The van der Waals surface area contributed by atoms with Gasteiger partial charge in [-0.05, 0) is 26.3 Å². The van der Waals surface area contributed by atoms with Crippen LogP contribution in [0.1, 0.15) is 45.0 Å². The van der Waals surface area contributed by atoms with Gasteiger partial charge in [-0.3, -0.25) is 24.6 Å². The van der Waals surface area contributed by atoms with Crippen LogP contribution in [0.15, 0.2) is 54.1 Å². The molecule has 0 unspecified atom stereocenters. The summed E-state index contributed by atoms with van der Waals surface area (Å²) in [5.74, 6) is -3.01. The molecule has 0 saturated carbocycles. The first-order chi connectivity index (χ1) is 17.1. The number of anilines is 1. The number of amides is 1. The highest BCUT2D eigenvalue weighted by atomic mass is 32.1. The number of hydrogen-bond donors (Lipinski definition) is 1. The number of aliphatic hydroxyl groups is 1. The summed E-state index contributed by atoms with van der Waals surface area (Å²) in [5, 5.41) is 22.6. The maximum atomic E-state index is 13.3. The quantitative estimate of drug-likeness (QED) is 0.129. The molecule has 1 amide bonds. The van der Waals surface area contributed by atoms with Crippen LogP contribution in [0.2, 0.25) is 0 Å². The monoisotopic (exact) mass is 507 g/mol. The Morgan fingerprint density at radius 2 is 1.89 bits per heavy atom. The normalized spacial score (nSPS) is 16.9. The molecule has 1 N–H and O–H groups in total. The highest BCUT2D eigenvalue weighted by Crippen LogP contribution is 2.44. The Balaban J connectivity index is 1.94. The first kappa shape index (κ1) is 24.7. The fraction of sp³-hybridized carbons (Fsp3) is 0.200. The van der Waals surface area contributed by atoms with E-state index in [1.807, 2.05) is 6.92 Å². The highest BCUT2D eigenvalue weighted by molar-refractivity contribution is 7.17. The maximum Gasteiger partial charge on any atom is 0.350 e. The molecule has 11 heteroatoms. The van der Waals surface area contributed by atoms with Gasteiger partial charge in [0.15, 0.2) is 5.13 Å². The Bertz CT molecular complexity index is 1430. The smallest absolute Gasteiger partial charge is 0.350 e. The maximum absolute atomic E-state index is 13.3. The van der Waals surface area contributed by atoms with Gasteiger partial charge in [-0.25, -0.2) is 9.78 Å². The number of benzene rings is 2. The van der Waals surface area contributed by atoms with Crippen LogP contribution in [0, 0.1) is 24.0 Å². The number of carbonyl (C=O) groups excluding carboxylic acids is 3. The highest BCUT2D eigenvalue weighted by Gasteiger charge is 2.48. The summed E-state index contributed by atoms with van der Waals surface area (Å²) in [6, 6.07) is 10.9. The van der Waals surface area contributed by atoms with Crippen molar-refractivity contribution in [2.75, 3.05) is 11.5 Å². The molecule has 4 rings (SSSR count). The largest absolute Gasteiger partial charge is 0.507 e. The Kier molecular flexibility index (Phi) is 6.67. The summed E-state index contributed by atoms with van der Waals surface area (Å²) >= 11 is 0.860. The van der Waals surface area contributed by atoms with Gasteiger partial charge in [-0.15, -0.1) is 0 Å². The van der Waals surface area contributed by atoms with Gasteiger partial charge in [-0.1, -0.05) is 53.3 Å². The lowest BCUT2D eigenvalue weighted by atomic mass is 9.95. The van der Waals surface area contributed by atoms with E-state index in [-0.39, 0.29) is 33.4 Å². The molecule has 0 spiro atoms. The van der Waals surface area contributed by atoms with Crippen LogP contribution in [0.4, 0.5) is 10.8 Å². The lowest BCUT2D eigenvalue weighted by Gasteiger charge is -2.22. The molecule has 1 fully saturated rings. The van der Waals surface area contributed by atoms with Crippen molar-refractivity contribution in [2.24, 2.45) is 0 Å². The fourth-order valence-corrected chi connectivity index (χ4v) is 4.88. The predicted octanol–water partition coefficient (Wildman–Crippen LogP) is 4.47. The number of aryl methyl sites for hydroxylation is 2. The van der Waals surface area contributed by atoms with Gasteiger partial charge in [0.25, 0.3) is 11.5 Å². The number of aromatic nitrogens is 1. The zero-order chi connectivity index (χ0) is 26.1. The number of non-ortho nitro benzene ring substituents is 1. The van der Waals surface area contributed by atoms with E-state index < -0.39 is 34.4 Å². The van der Waals surface area contributed by atoms with Crippen LogP contribution < -0.4 is 4.90 Å². The van der Waals surface area contributed by atoms with E-state index in [1.54, 1.807) is 38.1 Å². The van der Waals surface area contributed by atoms with Crippen LogP contribution in [-0.4, -0.2) is 39.3 Å². The first-order valence-corrected chi connectivity index (χ1v) is 11.7. The fourth-order valence-electron chi connectivity index (χ4n) is 3.89. The zero-order valence-electron chi connectivity index (χ0n) is 19.5. The molecule has 184 valence electrons. The lowest BCUT2D eigenvalue weighted by Crippen LogP contribution is -2.29. The molecule has 1 aliphatic rings. The zero-order valence-corrected chi connectivity index (χ0v) is 20.4. The number of hydrogen-bond acceptors (Lipinski definition) is 9. The van der Waals surface area contributed by atoms with E-state index in [0.29, 0.717) is 11.3 Å². The van der Waals surface area contributed by atoms with Crippen molar-refractivity contribution in [3.05, 3.63) is 91.5 Å². The molecule has 0 bridgehead atoms. The van der Waals surface area contributed by atoms with E-state index in [4.69, 9.17) is 4.74 Å². The van der Waals surface area contributed by atoms with Crippen LogP contribution in [0.3, 0.4) is 0 Å². The summed E-state index contributed by atoms with van der Waals surface area (Å²) in [5.41, 5.74) is 1.25. The Labute approximate surface area is 209 Å². The molecule has 1 aliphatic heterocycles. The van der Waals surface area contributed by atoms with Gasteiger partial charge in [-0.2, -0.15) is 0 Å². The van der Waals surface area contributed by atoms with Gasteiger partial charge in [0.05, 0.1) is 28.8 Å². The minimum Gasteiger partial charge on any atom is -0.507 e. The summed E-state index contributed by atoms with van der Waals surface area (Å²) in [7, 11) is 0. The third-order valence-corrected chi connectivity index (χ3v) is 6.76. The first-order valence-electron chi connectivity index (χ1n) is 10.9. The Hall–Kier alpha value is -4.38. The number of nitro groups is 1. The molecule has 1 saturated heterocycles. The van der Waals surface area contributed by atoms with Crippen LogP contribution in [0.5, 0.6) is 0 Å². The summed E-state index contributed by atoms with van der Waals surface area (Å²) in [4.78, 5) is 55.2. The minimum atomic E-state index is -1.22. The topological polar surface area (TPSA) is 140 Å². The van der Waals surface area contributed by atoms with Crippen molar-refractivity contribution in [3.8, 4) is 0 Å². The van der Waals surface area contributed by atoms with E-state index in [1.165, 1.54) is 24.3 Å². The van der Waals surface area contributed by atoms with Gasteiger partial charge in [0.1, 0.15) is 10.6 Å². The molecular formula is C25H21N3O7S.